The summed E-state index contributed by atoms with van der Waals surface area (Å²) in [7, 11) is 0. The topological polar surface area (TPSA) is 97.0 Å². The van der Waals surface area contributed by atoms with E-state index in [4.69, 9.17) is 8.94 Å². The van der Waals surface area contributed by atoms with Crippen LogP contribution in [0.4, 0.5) is 0 Å². The molecule has 3 aromatic rings. The normalized spacial score (nSPS) is 11.4. The molecule has 0 fully saturated rings. The molecule has 3 heterocycles. The van der Waals surface area contributed by atoms with Gasteiger partial charge >= 0.3 is 0 Å². The van der Waals surface area contributed by atoms with Gasteiger partial charge in [0.2, 0.25) is 0 Å². The molecule has 7 nitrogen and oxygen atoms in total. The van der Waals surface area contributed by atoms with Crippen molar-refractivity contribution in [1.29, 1.82) is 5.26 Å². The molecular weight excluding hydrogens is 332 g/mol. The molecule has 1 N–H and O–H groups in total. The minimum atomic E-state index is -0.453. The minimum Gasteiger partial charge on any atom is -0.467 e. The van der Waals surface area contributed by atoms with Crippen molar-refractivity contribution >= 4 is 12.0 Å². The average molecular weight is 350 g/mol. The van der Waals surface area contributed by atoms with E-state index in [-0.39, 0.29) is 12.1 Å². The second-order valence-electron chi connectivity index (χ2n) is 5.89. The van der Waals surface area contributed by atoms with Gasteiger partial charge in [-0.15, -0.1) is 0 Å². The zero-order valence-corrected chi connectivity index (χ0v) is 14.7. The van der Waals surface area contributed by atoms with E-state index in [0.29, 0.717) is 17.3 Å². The number of carbonyl (C=O) groups excluding carboxylic acids is 1. The highest BCUT2D eigenvalue weighted by Crippen LogP contribution is 2.22. The third kappa shape index (κ3) is 3.44. The Kier molecular flexibility index (Phi) is 4.76. The number of aryl methyl sites for hydroxylation is 2. The predicted octanol–water partition coefficient (Wildman–Crippen LogP) is 3.21. The molecule has 0 radical (unpaired) electrons. The van der Waals surface area contributed by atoms with Gasteiger partial charge in [-0.05, 0) is 50.6 Å². The summed E-state index contributed by atoms with van der Waals surface area (Å²) in [6.07, 6.45) is 3.10. The van der Waals surface area contributed by atoms with Crippen LogP contribution < -0.4 is 5.32 Å². The minimum absolute atomic E-state index is 0.0214. The van der Waals surface area contributed by atoms with Crippen molar-refractivity contribution in [3.05, 3.63) is 64.6 Å². The number of nitrogens with one attached hydrogen (secondary N) is 1. The van der Waals surface area contributed by atoms with Crippen LogP contribution in [-0.2, 0) is 11.3 Å². The lowest BCUT2D eigenvalue weighted by Gasteiger charge is -2.04. The number of carbonyl (C=O) groups is 1. The Bertz CT molecular complexity index is 1000. The molecule has 3 rings (SSSR count). The highest BCUT2D eigenvalue weighted by atomic mass is 16.5. The number of nitriles is 1. The summed E-state index contributed by atoms with van der Waals surface area (Å²) in [5, 5.41) is 16.1. The van der Waals surface area contributed by atoms with Crippen LogP contribution in [0, 0.1) is 32.1 Å². The van der Waals surface area contributed by atoms with Crippen LogP contribution in [0.5, 0.6) is 0 Å². The molecule has 0 atom stereocenters. The number of nitrogens with zero attached hydrogens (tertiary/aromatic N) is 3. The van der Waals surface area contributed by atoms with Gasteiger partial charge in [0.05, 0.1) is 12.8 Å². The first-order valence-electron chi connectivity index (χ1n) is 8.04. The maximum atomic E-state index is 12.3. The van der Waals surface area contributed by atoms with E-state index in [2.05, 4.69) is 10.5 Å². The van der Waals surface area contributed by atoms with Crippen LogP contribution >= 0.6 is 0 Å². The molecule has 0 spiro atoms. The molecule has 0 aliphatic carbocycles. The fraction of sp³-hybridized carbons (Fsp3) is 0.211. The summed E-state index contributed by atoms with van der Waals surface area (Å²) in [6.45, 7) is 5.88. The molecule has 0 bridgehead atoms. The Hall–Kier alpha value is -3.53. The fourth-order valence-electron chi connectivity index (χ4n) is 2.72. The van der Waals surface area contributed by atoms with Crippen molar-refractivity contribution in [2.24, 2.45) is 0 Å². The lowest BCUT2D eigenvalue weighted by molar-refractivity contribution is -0.117. The van der Waals surface area contributed by atoms with Gasteiger partial charge in [0, 0.05) is 17.5 Å². The predicted molar refractivity (Wildman–Crippen MR) is 94.2 cm³/mol. The van der Waals surface area contributed by atoms with Gasteiger partial charge in [0.15, 0.2) is 5.82 Å². The zero-order valence-electron chi connectivity index (χ0n) is 14.7. The zero-order chi connectivity index (χ0) is 18.7. The van der Waals surface area contributed by atoms with Gasteiger partial charge in [-0.25, -0.2) is 0 Å². The van der Waals surface area contributed by atoms with Gasteiger partial charge in [-0.2, -0.15) is 5.26 Å². The Balaban J connectivity index is 1.85. The number of rotatable bonds is 5. The summed E-state index contributed by atoms with van der Waals surface area (Å²) in [5.74, 6) is 1.54. The van der Waals surface area contributed by atoms with E-state index in [1.54, 1.807) is 18.2 Å². The first kappa shape index (κ1) is 17.3. The Morgan fingerprint density at radius 2 is 2.19 bits per heavy atom. The van der Waals surface area contributed by atoms with Gasteiger partial charge in [-0.3, -0.25) is 9.36 Å². The quantitative estimate of drug-likeness (QED) is 0.563. The molecule has 1 amide bonds. The van der Waals surface area contributed by atoms with Crippen LogP contribution in [-0.4, -0.2) is 15.6 Å². The van der Waals surface area contributed by atoms with Crippen LogP contribution in [0.25, 0.3) is 11.9 Å². The fourth-order valence-corrected chi connectivity index (χ4v) is 2.72. The first-order valence-corrected chi connectivity index (χ1v) is 8.04. The molecule has 7 heteroatoms. The van der Waals surface area contributed by atoms with E-state index in [0.717, 1.165) is 17.0 Å². The maximum Gasteiger partial charge on any atom is 0.262 e. The molecule has 0 aliphatic heterocycles. The lowest BCUT2D eigenvalue weighted by atomic mass is 10.1. The summed E-state index contributed by atoms with van der Waals surface area (Å²) >= 11 is 0. The molecule has 26 heavy (non-hydrogen) atoms. The Morgan fingerprint density at radius 3 is 2.81 bits per heavy atom. The van der Waals surface area contributed by atoms with Gasteiger partial charge in [0.1, 0.15) is 23.2 Å². The molecular formula is C19H18N4O3. The third-order valence-electron chi connectivity index (χ3n) is 3.98. The van der Waals surface area contributed by atoms with Crippen molar-refractivity contribution in [3.8, 4) is 11.9 Å². The van der Waals surface area contributed by atoms with Crippen molar-refractivity contribution in [2.75, 3.05) is 0 Å². The van der Waals surface area contributed by atoms with Crippen molar-refractivity contribution in [1.82, 2.24) is 15.0 Å². The van der Waals surface area contributed by atoms with Gasteiger partial charge < -0.3 is 14.3 Å². The van der Waals surface area contributed by atoms with Crippen LogP contribution in [0.15, 0.2) is 45.0 Å². The van der Waals surface area contributed by atoms with E-state index >= 15 is 0 Å². The molecule has 0 saturated heterocycles. The van der Waals surface area contributed by atoms with E-state index in [1.807, 2.05) is 43.5 Å². The van der Waals surface area contributed by atoms with E-state index < -0.39 is 5.91 Å². The highest BCUT2D eigenvalue weighted by Gasteiger charge is 2.15. The second kappa shape index (κ2) is 7.15. The number of hydrogen-bond acceptors (Lipinski definition) is 5. The molecule has 0 unspecified atom stereocenters. The number of furan rings is 1. The Morgan fingerprint density at radius 1 is 1.38 bits per heavy atom. The maximum absolute atomic E-state index is 12.3. The molecule has 132 valence electrons. The van der Waals surface area contributed by atoms with Crippen molar-refractivity contribution < 1.29 is 13.7 Å². The summed E-state index contributed by atoms with van der Waals surface area (Å²) in [4.78, 5) is 12.3. The summed E-state index contributed by atoms with van der Waals surface area (Å²) < 4.78 is 12.2. The average Bonchev–Trinajstić information content (AvgIpc) is 3.33. The smallest absolute Gasteiger partial charge is 0.262 e. The standard InChI is InChI=1S/C19H18N4O3/c1-12-7-15(14(3)23(12)18-8-13(2)26-22-18)9-16(10-20)19(24)21-11-17-5-4-6-25-17/h4-9H,11H2,1-3H3,(H,21,24)/b16-9+. The molecule has 3 aromatic heterocycles. The van der Waals surface area contributed by atoms with Gasteiger partial charge in [0.25, 0.3) is 5.91 Å². The monoisotopic (exact) mass is 350 g/mol. The van der Waals surface area contributed by atoms with Crippen LogP contribution in [0.2, 0.25) is 0 Å². The third-order valence-corrected chi connectivity index (χ3v) is 3.98. The van der Waals surface area contributed by atoms with Crippen LogP contribution in [0.1, 0.15) is 28.5 Å². The largest absolute Gasteiger partial charge is 0.467 e. The number of hydrogen-bond donors (Lipinski definition) is 1. The van der Waals surface area contributed by atoms with Crippen LogP contribution in [0.3, 0.4) is 0 Å². The highest BCUT2D eigenvalue weighted by molar-refractivity contribution is 6.01. The Labute approximate surface area is 150 Å². The first-order chi connectivity index (χ1) is 12.5. The molecule has 0 saturated carbocycles. The van der Waals surface area contributed by atoms with E-state index in [1.165, 1.54) is 6.26 Å². The SMILES string of the molecule is Cc1cc(-n2c(C)cc(/C=C(\C#N)C(=O)NCc3ccco3)c2C)no1. The summed E-state index contributed by atoms with van der Waals surface area (Å²) in [6, 6.07) is 9.18. The van der Waals surface area contributed by atoms with Crippen molar-refractivity contribution in [2.45, 2.75) is 27.3 Å². The number of aromatic nitrogens is 2. The van der Waals surface area contributed by atoms with Gasteiger partial charge in [-0.1, -0.05) is 5.16 Å². The summed E-state index contributed by atoms with van der Waals surface area (Å²) in [5.41, 5.74) is 2.58. The van der Waals surface area contributed by atoms with E-state index in [9.17, 15) is 10.1 Å². The lowest BCUT2D eigenvalue weighted by Crippen LogP contribution is -2.23. The number of amides is 1. The molecule has 0 aliphatic rings. The molecule has 0 aromatic carbocycles. The van der Waals surface area contributed by atoms with Crippen molar-refractivity contribution in [3.63, 3.8) is 0 Å². The second-order valence-corrected chi connectivity index (χ2v) is 5.89.